The van der Waals surface area contributed by atoms with Gasteiger partial charge in [-0.2, -0.15) is 0 Å². The van der Waals surface area contributed by atoms with Gasteiger partial charge in [-0.1, -0.05) is 48.0 Å². The number of hydrogen-bond acceptors (Lipinski definition) is 3. The lowest BCUT2D eigenvalue weighted by atomic mass is 10.0. The predicted octanol–water partition coefficient (Wildman–Crippen LogP) is 3.84. The molecule has 1 amide bonds. The average Bonchev–Trinajstić information content (AvgIpc) is 2.68. The van der Waals surface area contributed by atoms with Crippen LogP contribution in [0.15, 0.2) is 48.5 Å². The zero-order chi connectivity index (χ0) is 18.4. The average molecular weight is 373 g/mol. The molecular weight excluding hydrogens is 348 g/mol. The summed E-state index contributed by atoms with van der Waals surface area (Å²) in [6.45, 7) is 4.82. The van der Waals surface area contributed by atoms with E-state index in [-0.39, 0.29) is 11.9 Å². The zero-order valence-electron chi connectivity index (χ0n) is 15.1. The van der Waals surface area contributed by atoms with E-state index in [1.54, 1.807) is 0 Å². The van der Waals surface area contributed by atoms with E-state index < -0.39 is 0 Å². The molecule has 0 spiro atoms. The summed E-state index contributed by atoms with van der Waals surface area (Å²) in [6.07, 6.45) is 1.14. The Morgan fingerprint density at radius 3 is 2.81 bits per heavy atom. The van der Waals surface area contributed by atoms with E-state index >= 15 is 0 Å². The Kier molecular flexibility index (Phi) is 6.53. The van der Waals surface area contributed by atoms with Crippen LogP contribution in [0.4, 0.5) is 0 Å². The zero-order valence-corrected chi connectivity index (χ0v) is 15.8. The van der Waals surface area contributed by atoms with Crippen molar-refractivity contribution in [1.82, 2.24) is 10.2 Å². The van der Waals surface area contributed by atoms with Crippen LogP contribution >= 0.6 is 11.6 Å². The molecule has 4 nitrogen and oxygen atoms in total. The number of rotatable bonds is 6. The SMILES string of the molecule is CCOc1ccccc1CCC(=O)N1CCNCC1c1ccccc1Cl. The fourth-order valence-corrected chi connectivity index (χ4v) is 3.68. The number of aryl methyl sites for hydroxylation is 1. The van der Waals surface area contributed by atoms with Crippen LogP contribution in [0, 0.1) is 0 Å². The molecule has 0 bridgehead atoms. The molecule has 1 N–H and O–H groups in total. The number of carbonyl (C=O) groups excluding carboxylic acids is 1. The molecule has 0 radical (unpaired) electrons. The standard InChI is InChI=1S/C21H25ClN2O2/c1-2-26-20-10-6-3-7-16(20)11-12-21(25)24-14-13-23-15-19(24)17-8-4-5-9-18(17)22/h3-10,19,23H,2,11-15H2,1H3. The lowest BCUT2D eigenvalue weighted by Gasteiger charge is -2.37. The smallest absolute Gasteiger partial charge is 0.223 e. The topological polar surface area (TPSA) is 41.6 Å². The lowest BCUT2D eigenvalue weighted by Crippen LogP contribution is -2.48. The summed E-state index contributed by atoms with van der Waals surface area (Å²) >= 11 is 6.37. The van der Waals surface area contributed by atoms with Crippen molar-refractivity contribution in [2.75, 3.05) is 26.2 Å². The quantitative estimate of drug-likeness (QED) is 0.837. The third kappa shape index (κ3) is 4.37. The summed E-state index contributed by atoms with van der Waals surface area (Å²) in [6, 6.07) is 15.7. The number of carbonyl (C=O) groups is 1. The van der Waals surface area contributed by atoms with Crippen molar-refractivity contribution in [1.29, 1.82) is 0 Å². The fraction of sp³-hybridized carbons (Fsp3) is 0.381. The summed E-state index contributed by atoms with van der Waals surface area (Å²) in [5.41, 5.74) is 2.08. The van der Waals surface area contributed by atoms with Crippen molar-refractivity contribution in [3.05, 3.63) is 64.7 Å². The van der Waals surface area contributed by atoms with Crippen molar-refractivity contribution in [2.45, 2.75) is 25.8 Å². The summed E-state index contributed by atoms with van der Waals surface area (Å²) < 4.78 is 5.67. The predicted molar refractivity (Wildman–Crippen MR) is 105 cm³/mol. The van der Waals surface area contributed by atoms with Crippen LogP contribution in [-0.2, 0) is 11.2 Å². The van der Waals surface area contributed by atoms with Crippen molar-refractivity contribution in [2.24, 2.45) is 0 Å². The van der Waals surface area contributed by atoms with Crippen LogP contribution < -0.4 is 10.1 Å². The first-order valence-electron chi connectivity index (χ1n) is 9.16. The summed E-state index contributed by atoms with van der Waals surface area (Å²) in [7, 11) is 0. The van der Waals surface area contributed by atoms with Gasteiger partial charge in [0.2, 0.25) is 5.91 Å². The highest BCUT2D eigenvalue weighted by Gasteiger charge is 2.28. The van der Waals surface area contributed by atoms with Crippen LogP contribution in [-0.4, -0.2) is 37.0 Å². The van der Waals surface area contributed by atoms with E-state index in [4.69, 9.17) is 16.3 Å². The Labute approximate surface area is 160 Å². The van der Waals surface area contributed by atoms with E-state index in [9.17, 15) is 4.79 Å². The Morgan fingerprint density at radius 1 is 1.23 bits per heavy atom. The summed E-state index contributed by atoms with van der Waals surface area (Å²) in [4.78, 5) is 14.9. The van der Waals surface area contributed by atoms with Gasteiger partial charge in [-0.15, -0.1) is 0 Å². The van der Waals surface area contributed by atoms with Crippen LogP contribution in [0.5, 0.6) is 5.75 Å². The summed E-state index contributed by atoms with van der Waals surface area (Å²) in [5.74, 6) is 1.02. The van der Waals surface area contributed by atoms with Gasteiger partial charge in [0, 0.05) is 31.1 Å². The van der Waals surface area contributed by atoms with Gasteiger partial charge in [0.05, 0.1) is 12.6 Å². The minimum absolute atomic E-state index is 0.0212. The number of benzene rings is 2. The Balaban J connectivity index is 1.71. The normalized spacial score (nSPS) is 17.2. The van der Waals surface area contributed by atoms with Gasteiger partial charge in [0.25, 0.3) is 0 Å². The molecule has 1 fully saturated rings. The van der Waals surface area contributed by atoms with Crippen LogP contribution in [0.3, 0.4) is 0 Å². The number of piperazine rings is 1. The Morgan fingerprint density at radius 2 is 2.00 bits per heavy atom. The highest BCUT2D eigenvalue weighted by Crippen LogP contribution is 2.29. The molecule has 1 atom stereocenters. The van der Waals surface area contributed by atoms with Gasteiger partial charge in [0.15, 0.2) is 0 Å². The van der Waals surface area contributed by atoms with Crippen LogP contribution in [0.2, 0.25) is 5.02 Å². The molecular formula is C21H25ClN2O2. The molecule has 1 aliphatic rings. The number of ether oxygens (including phenoxy) is 1. The second-order valence-corrected chi connectivity index (χ2v) is 6.78. The molecule has 5 heteroatoms. The highest BCUT2D eigenvalue weighted by atomic mass is 35.5. The fourth-order valence-electron chi connectivity index (χ4n) is 3.42. The number of para-hydroxylation sites is 1. The number of amides is 1. The first-order chi connectivity index (χ1) is 12.7. The third-order valence-corrected chi connectivity index (χ3v) is 5.05. The van der Waals surface area contributed by atoms with Crippen LogP contribution in [0.25, 0.3) is 0 Å². The molecule has 2 aromatic carbocycles. The molecule has 3 rings (SSSR count). The van der Waals surface area contributed by atoms with Gasteiger partial charge in [-0.25, -0.2) is 0 Å². The molecule has 26 heavy (non-hydrogen) atoms. The third-order valence-electron chi connectivity index (χ3n) is 4.71. The van der Waals surface area contributed by atoms with Crippen molar-refractivity contribution in [3.63, 3.8) is 0 Å². The van der Waals surface area contributed by atoms with Gasteiger partial charge in [-0.3, -0.25) is 4.79 Å². The van der Waals surface area contributed by atoms with Gasteiger partial charge >= 0.3 is 0 Å². The van der Waals surface area contributed by atoms with E-state index in [1.807, 2.05) is 60.4 Å². The molecule has 0 aromatic heterocycles. The maximum absolute atomic E-state index is 12.9. The van der Waals surface area contributed by atoms with Crippen molar-refractivity contribution < 1.29 is 9.53 Å². The molecule has 2 aromatic rings. The monoisotopic (exact) mass is 372 g/mol. The Hall–Kier alpha value is -2.04. The van der Waals surface area contributed by atoms with Crippen molar-refractivity contribution >= 4 is 17.5 Å². The van der Waals surface area contributed by atoms with E-state index in [1.165, 1.54) is 0 Å². The first-order valence-corrected chi connectivity index (χ1v) is 9.53. The number of nitrogens with zero attached hydrogens (tertiary/aromatic N) is 1. The molecule has 1 aliphatic heterocycles. The van der Waals surface area contributed by atoms with Crippen molar-refractivity contribution in [3.8, 4) is 5.75 Å². The largest absolute Gasteiger partial charge is 0.494 e. The minimum Gasteiger partial charge on any atom is -0.494 e. The van der Waals surface area contributed by atoms with E-state index in [2.05, 4.69) is 5.32 Å². The Bertz CT molecular complexity index is 750. The van der Waals surface area contributed by atoms with E-state index in [0.29, 0.717) is 31.0 Å². The lowest BCUT2D eigenvalue weighted by molar-refractivity contribution is -0.134. The molecule has 0 aliphatic carbocycles. The maximum atomic E-state index is 12.9. The van der Waals surface area contributed by atoms with Gasteiger partial charge < -0.3 is 15.0 Å². The molecule has 1 saturated heterocycles. The van der Waals surface area contributed by atoms with E-state index in [0.717, 1.165) is 30.0 Å². The number of hydrogen-bond donors (Lipinski definition) is 1. The maximum Gasteiger partial charge on any atom is 0.223 e. The highest BCUT2D eigenvalue weighted by molar-refractivity contribution is 6.31. The number of halogens is 1. The van der Waals surface area contributed by atoms with Gasteiger partial charge in [-0.05, 0) is 36.6 Å². The number of nitrogens with one attached hydrogen (secondary N) is 1. The molecule has 0 saturated carbocycles. The minimum atomic E-state index is -0.0212. The second-order valence-electron chi connectivity index (χ2n) is 6.37. The summed E-state index contributed by atoms with van der Waals surface area (Å²) in [5, 5.41) is 4.08. The molecule has 1 heterocycles. The van der Waals surface area contributed by atoms with Crippen LogP contribution in [0.1, 0.15) is 30.5 Å². The van der Waals surface area contributed by atoms with Gasteiger partial charge in [0.1, 0.15) is 5.75 Å². The molecule has 138 valence electrons. The first kappa shape index (κ1) is 18.7. The second kappa shape index (κ2) is 9.06. The molecule has 1 unspecified atom stereocenters.